The van der Waals surface area contributed by atoms with Gasteiger partial charge in [-0.1, -0.05) is 135 Å². The molecule has 0 aliphatic heterocycles. The van der Waals surface area contributed by atoms with Crippen LogP contribution in [0, 0.1) is 5.92 Å². The molecule has 0 bridgehead atoms. The molecule has 2 amide bonds. The van der Waals surface area contributed by atoms with E-state index in [0.717, 1.165) is 33.0 Å². The second kappa shape index (κ2) is 16.4. The fraction of sp³-hybridized carbons (Fsp3) is 0.225. The van der Waals surface area contributed by atoms with Gasteiger partial charge in [-0.3, -0.25) is 0 Å². The fourth-order valence-corrected chi connectivity index (χ4v) is 5.33. The molecule has 0 aliphatic carbocycles. The summed E-state index contributed by atoms with van der Waals surface area (Å²) in [5.74, 6) is -1.48. The number of ether oxygens (including phenoxy) is 2. The molecule has 0 saturated carbocycles. The molecule has 8 nitrogen and oxygen atoms in total. The number of rotatable bonds is 13. The smallest absolute Gasteiger partial charge is 0.337 e. The van der Waals surface area contributed by atoms with Crippen LogP contribution in [0.4, 0.5) is 4.79 Å². The van der Waals surface area contributed by atoms with Crippen LogP contribution in [0.5, 0.6) is 0 Å². The number of fused-ring (bicyclic) bond motifs is 1. The number of nitrogens with zero attached hydrogens (tertiary/aromatic N) is 1. The molecule has 0 aromatic heterocycles. The number of esters is 2. The van der Waals surface area contributed by atoms with Crippen molar-refractivity contribution in [1.82, 2.24) is 10.2 Å². The molecule has 0 aliphatic rings. The monoisotopic (exact) mass is 644 g/mol. The maximum Gasteiger partial charge on any atom is 0.337 e. The fourth-order valence-electron chi connectivity index (χ4n) is 5.33. The number of benzene rings is 5. The standard InChI is InChI=1S/C40H40N2O6/c1-28(2)24-42(25-36(43)38(44)47-26-29-11-5-3-6-12-29)40(46)41-37(39(45)48-27-30-13-7-4-8-14-30)33-20-17-32(18-21-33)35-22-19-31-15-9-10-16-34(31)23-35/h3-23,28,36-37,43H,24-27H2,1-2H3,(H,41,46). The van der Waals surface area contributed by atoms with E-state index in [2.05, 4.69) is 29.6 Å². The summed E-state index contributed by atoms with van der Waals surface area (Å²) in [6.07, 6.45) is -1.58. The van der Waals surface area contributed by atoms with Crippen LogP contribution in [-0.2, 0) is 32.3 Å². The molecule has 2 atom stereocenters. The number of hydrogen-bond donors (Lipinski definition) is 2. The summed E-state index contributed by atoms with van der Waals surface area (Å²) in [5.41, 5.74) is 4.08. The predicted molar refractivity (Wildman–Crippen MR) is 186 cm³/mol. The minimum Gasteiger partial charge on any atom is -0.459 e. The van der Waals surface area contributed by atoms with Crippen LogP contribution in [0.3, 0.4) is 0 Å². The first-order chi connectivity index (χ1) is 23.3. The van der Waals surface area contributed by atoms with E-state index in [-0.39, 0.29) is 32.2 Å². The van der Waals surface area contributed by atoms with Gasteiger partial charge in [-0.15, -0.1) is 0 Å². The second-order valence-electron chi connectivity index (χ2n) is 12.1. The van der Waals surface area contributed by atoms with Crippen molar-refractivity contribution in [2.75, 3.05) is 13.1 Å². The van der Waals surface area contributed by atoms with Crippen molar-refractivity contribution in [2.24, 2.45) is 5.92 Å². The first kappa shape index (κ1) is 33.9. The van der Waals surface area contributed by atoms with Crippen molar-refractivity contribution in [3.05, 3.63) is 144 Å². The Morgan fingerprint density at radius 2 is 1.19 bits per heavy atom. The third-order valence-electron chi connectivity index (χ3n) is 7.82. The highest BCUT2D eigenvalue weighted by Gasteiger charge is 2.30. The lowest BCUT2D eigenvalue weighted by atomic mass is 9.98. The van der Waals surface area contributed by atoms with Crippen molar-refractivity contribution in [2.45, 2.75) is 39.2 Å². The third kappa shape index (κ3) is 9.30. The topological polar surface area (TPSA) is 105 Å². The average Bonchev–Trinajstić information content (AvgIpc) is 3.12. The van der Waals surface area contributed by atoms with Crippen LogP contribution < -0.4 is 5.32 Å². The van der Waals surface area contributed by atoms with E-state index in [0.29, 0.717) is 5.56 Å². The molecule has 246 valence electrons. The summed E-state index contributed by atoms with van der Waals surface area (Å²) >= 11 is 0. The van der Waals surface area contributed by atoms with Gasteiger partial charge in [0, 0.05) is 6.54 Å². The maximum absolute atomic E-state index is 13.7. The number of hydrogen-bond acceptors (Lipinski definition) is 6. The second-order valence-corrected chi connectivity index (χ2v) is 12.1. The minimum absolute atomic E-state index is 0.00234. The Balaban J connectivity index is 1.33. The molecular formula is C40H40N2O6. The van der Waals surface area contributed by atoms with Crippen molar-refractivity contribution in [3.8, 4) is 11.1 Å². The molecule has 2 unspecified atom stereocenters. The summed E-state index contributed by atoms with van der Waals surface area (Å²) in [7, 11) is 0. The predicted octanol–water partition coefficient (Wildman–Crippen LogP) is 7.06. The van der Waals surface area contributed by atoms with E-state index in [1.807, 2.05) is 105 Å². The van der Waals surface area contributed by atoms with Gasteiger partial charge in [-0.25, -0.2) is 14.4 Å². The van der Waals surface area contributed by atoms with Gasteiger partial charge < -0.3 is 24.8 Å². The molecule has 0 heterocycles. The van der Waals surface area contributed by atoms with Crippen LogP contribution in [0.2, 0.25) is 0 Å². The van der Waals surface area contributed by atoms with Crippen molar-refractivity contribution in [1.29, 1.82) is 0 Å². The first-order valence-corrected chi connectivity index (χ1v) is 16.0. The lowest BCUT2D eigenvalue weighted by molar-refractivity contribution is -0.155. The van der Waals surface area contributed by atoms with Crippen molar-refractivity contribution < 1.29 is 29.0 Å². The zero-order valence-electron chi connectivity index (χ0n) is 27.1. The molecular weight excluding hydrogens is 604 g/mol. The molecule has 5 rings (SSSR count). The quantitative estimate of drug-likeness (QED) is 0.133. The number of aliphatic hydroxyl groups is 1. The van der Waals surface area contributed by atoms with Crippen molar-refractivity contribution >= 4 is 28.7 Å². The Hall–Kier alpha value is -5.47. The minimum atomic E-state index is -1.58. The van der Waals surface area contributed by atoms with Gasteiger partial charge >= 0.3 is 18.0 Å². The molecule has 0 spiro atoms. The lowest BCUT2D eigenvalue weighted by Crippen LogP contribution is -2.49. The Bertz CT molecular complexity index is 1810. The molecule has 0 radical (unpaired) electrons. The molecule has 2 N–H and O–H groups in total. The van der Waals surface area contributed by atoms with Gasteiger partial charge in [0.1, 0.15) is 13.2 Å². The first-order valence-electron chi connectivity index (χ1n) is 16.0. The summed E-state index contributed by atoms with van der Waals surface area (Å²) < 4.78 is 11.0. The summed E-state index contributed by atoms with van der Waals surface area (Å²) in [4.78, 5) is 41.3. The SMILES string of the molecule is CC(C)CN(CC(O)C(=O)OCc1ccccc1)C(=O)NC(C(=O)OCc1ccccc1)c1ccc(-c2ccc3ccccc3c2)cc1. The molecule has 48 heavy (non-hydrogen) atoms. The van der Waals surface area contributed by atoms with Gasteiger partial charge in [0.15, 0.2) is 12.1 Å². The van der Waals surface area contributed by atoms with Crippen LogP contribution in [0.15, 0.2) is 127 Å². The number of amides is 2. The molecule has 0 saturated heterocycles. The van der Waals surface area contributed by atoms with E-state index >= 15 is 0 Å². The molecule has 0 fully saturated rings. The average molecular weight is 645 g/mol. The number of carbonyl (C=O) groups is 3. The number of urea groups is 1. The van der Waals surface area contributed by atoms with Crippen LogP contribution in [0.1, 0.15) is 36.6 Å². The van der Waals surface area contributed by atoms with Crippen LogP contribution >= 0.6 is 0 Å². The van der Waals surface area contributed by atoms with Crippen LogP contribution in [-0.4, -0.2) is 47.2 Å². The summed E-state index contributed by atoms with van der Waals surface area (Å²) in [5, 5.41) is 15.8. The Morgan fingerprint density at radius 1 is 0.646 bits per heavy atom. The highest BCUT2D eigenvalue weighted by molar-refractivity contribution is 5.88. The zero-order chi connectivity index (χ0) is 33.9. The lowest BCUT2D eigenvalue weighted by Gasteiger charge is -2.28. The van der Waals surface area contributed by atoms with Gasteiger partial charge in [-0.05, 0) is 50.6 Å². The normalized spacial score (nSPS) is 12.2. The number of aliphatic hydroxyl groups excluding tert-OH is 1. The van der Waals surface area contributed by atoms with E-state index < -0.39 is 30.1 Å². The number of nitrogens with one attached hydrogen (secondary N) is 1. The molecule has 5 aromatic rings. The molecule has 8 heteroatoms. The Morgan fingerprint density at radius 3 is 1.79 bits per heavy atom. The zero-order valence-corrected chi connectivity index (χ0v) is 27.1. The molecule has 5 aromatic carbocycles. The van der Waals surface area contributed by atoms with Gasteiger partial charge in [0.05, 0.1) is 6.54 Å². The van der Waals surface area contributed by atoms with Crippen LogP contribution in [0.25, 0.3) is 21.9 Å². The summed E-state index contributed by atoms with van der Waals surface area (Å²) in [6, 6.07) is 38.4. The third-order valence-corrected chi connectivity index (χ3v) is 7.82. The Kier molecular flexibility index (Phi) is 11.6. The van der Waals surface area contributed by atoms with Gasteiger partial charge in [-0.2, -0.15) is 0 Å². The van der Waals surface area contributed by atoms with Gasteiger partial charge in [0.2, 0.25) is 0 Å². The largest absolute Gasteiger partial charge is 0.459 e. The van der Waals surface area contributed by atoms with Crippen molar-refractivity contribution in [3.63, 3.8) is 0 Å². The van der Waals surface area contributed by atoms with E-state index in [1.165, 1.54) is 4.90 Å². The van der Waals surface area contributed by atoms with Gasteiger partial charge in [0.25, 0.3) is 0 Å². The summed E-state index contributed by atoms with van der Waals surface area (Å²) in [6.45, 7) is 3.77. The highest BCUT2D eigenvalue weighted by Crippen LogP contribution is 2.27. The van der Waals surface area contributed by atoms with E-state index in [1.54, 1.807) is 12.1 Å². The maximum atomic E-state index is 13.7. The Labute approximate surface area is 280 Å². The van der Waals surface area contributed by atoms with E-state index in [9.17, 15) is 19.5 Å². The highest BCUT2D eigenvalue weighted by atomic mass is 16.5. The van der Waals surface area contributed by atoms with E-state index in [4.69, 9.17) is 9.47 Å². The number of carbonyl (C=O) groups excluding carboxylic acids is 3.